The lowest BCUT2D eigenvalue weighted by molar-refractivity contribution is -0.137. The second-order valence-corrected chi connectivity index (χ2v) is 5.01. The maximum Gasteiger partial charge on any atom is 0.305 e. The van der Waals surface area contributed by atoms with E-state index in [1.165, 1.54) is 6.20 Å². The van der Waals surface area contributed by atoms with E-state index < -0.39 is 11.5 Å². The van der Waals surface area contributed by atoms with Crippen LogP contribution in [0.25, 0.3) is 0 Å². The first-order valence-corrected chi connectivity index (χ1v) is 5.76. The van der Waals surface area contributed by atoms with Crippen LogP contribution >= 0.6 is 0 Å². The molecule has 0 fully saturated rings. The standard InChI is InChI=1S/C13H18N2O3/c1-13(2,3)15(8-6-11(16)17)12(18)10-5-4-7-14-9-10/h4-5,7,9H,6,8H2,1-3H3,(H,16,17). The maximum absolute atomic E-state index is 12.3. The topological polar surface area (TPSA) is 70.5 Å². The normalized spacial score (nSPS) is 11.1. The zero-order valence-electron chi connectivity index (χ0n) is 10.9. The number of carbonyl (C=O) groups is 2. The number of carbonyl (C=O) groups excluding carboxylic acids is 1. The number of carboxylic acid groups (broad SMARTS) is 1. The van der Waals surface area contributed by atoms with Crippen LogP contribution in [0, 0.1) is 0 Å². The highest BCUT2D eigenvalue weighted by atomic mass is 16.4. The molecule has 0 aliphatic carbocycles. The minimum absolute atomic E-state index is 0.0662. The number of aromatic nitrogens is 1. The number of hydrogen-bond acceptors (Lipinski definition) is 3. The van der Waals surface area contributed by atoms with Gasteiger partial charge in [0.05, 0.1) is 12.0 Å². The molecule has 18 heavy (non-hydrogen) atoms. The monoisotopic (exact) mass is 250 g/mol. The molecule has 0 saturated heterocycles. The van der Waals surface area contributed by atoms with Gasteiger partial charge in [-0.25, -0.2) is 0 Å². The summed E-state index contributed by atoms with van der Waals surface area (Å²) in [4.78, 5) is 28.4. The van der Waals surface area contributed by atoms with E-state index in [0.717, 1.165) is 0 Å². The average Bonchev–Trinajstić information content (AvgIpc) is 2.28. The minimum atomic E-state index is -0.914. The van der Waals surface area contributed by atoms with E-state index in [0.29, 0.717) is 5.56 Å². The van der Waals surface area contributed by atoms with Crippen molar-refractivity contribution in [3.05, 3.63) is 30.1 Å². The third-order valence-electron chi connectivity index (χ3n) is 2.51. The van der Waals surface area contributed by atoms with Crippen LogP contribution in [0.5, 0.6) is 0 Å². The average molecular weight is 250 g/mol. The summed E-state index contributed by atoms with van der Waals surface area (Å²) in [7, 11) is 0. The Hall–Kier alpha value is -1.91. The summed E-state index contributed by atoms with van der Waals surface area (Å²) in [6.45, 7) is 5.82. The lowest BCUT2D eigenvalue weighted by atomic mass is 10.0. The van der Waals surface area contributed by atoms with Crippen molar-refractivity contribution >= 4 is 11.9 Å². The summed E-state index contributed by atoms with van der Waals surface area (Å²) in [5, 5.41) is 8.73. The summed E-state index contributed by atoms with van der Waals surface area (Å²) < 4.78 is 0. The molecule has 0 radical (unpaired) electrons. The molecule has 1 rings (SSSR count). The van der Waals surface area contributed by atoms with Crippen LogP contribution in [0.15, 0.2) is 24.5 Å². The van der Waals surface area contributed by atoms with Crippen molar-refractivity contribution in [2.45, 2.75) is 32.7 Å². The molecular formula is C13H18N2O3. The quantitative estimate of drug-likeness (QED) is 0.884. The smallest absolute Gasteiger partial charge is 0.305 e. The Morgan fingerprint density at radius 3 is 2.50 bits per heavy atom. The third kappa shape index (κ3) is 3.84. The number of amides is 1. The highest BCUT2D eigenvalue weighted by Gasteiger charge is 2.27. The number of rotatable bonds is 4. The highest BCUT2D eigenvalue weighted by molar-refractivity contribution is 5.94. The predicted molar refractivity (Wildman–Crippen MR) is 67.3 cm³/mol. The number of hydrogen-bond donors (Lipinski definition) is 1. The molecule has 5 nitrogen and oxygen atoms in total. The lowest BCUT2D eigenvalue weighted by Gasteiger charge is -2.35. The van der Waals surface area contributed by atoms with Gasteiger partial charge in [-0.05, 0) is 32.9 Å². The van der Waals surface area contributed by atoms with Crippen molar-refractivity contribution in [2.24, 2.45) is 0 Å². The van der Waals surface area contributed by atoms with Crippen LogP contribution in [-0.2, 0) is 4.79 Å². The molecule has 0 spiro atoms. The summed E-state index contributed by atoms with van der Waals surface area (Å²) in [5.41, 5.74) is 0.0420. The largest absolute Gasteiger partial charge is 0.481 e. The van der Waals surface area contributed by atoms with E-state index in [1.807, 2.05) is 20.8 Å². The van der Waals surface area contributed by atoms with Crippen LogP contribution in [-0.4, -0.2) is 39.0 Å². The van der Waals surface area contributed by atoms with E-state index >= 15 is 0 Å². The molecule has 98 valence electrons. The van der Waals surface area contributed by atoms with Gasteiger partial charge in [0.25, 0.3) is 5.91 Å². The van der Waals surface area contributed by atoms with Gasteiger partial charge in [0.15, 0.2) is 0 Å². The molecule has 1 amide bonds. The lowest BCUT2D eigenvalue weighted by Crippen LogP contribution is -2.46. The van der Waals surface area contributed by atoms with Gasteiger partial charge in [0.2, 0.25) is 0 Å². The SMILES string of the molecule is CC(C)(C)N(CCC(=O)O)C(=O)c1cccnc1. The summed E-state index contributed by atoms with van der Waals surface area (Å²) in [6, 6.07) is 3.36. The van der Waals surface area contributed by atoms with E-state index in [9.17, 15) is 9.59 Å². The van der Waals surface area contributed by atoms with Crippen LogP contribution in [0.1, 0.15) is 37.6 Å². The van der Waals surface area contributed by atoms with Gasteiger partial charge in [-0.2, -0.15) is 0 Å². The van der Waals surface area contributed by atoms with Gasteiger partial charge in [0.1, 0.15) is 0 Å². The Kier molecular flexibility index (Phi) is 4.42. The molecule has 1 aromatic rings. The van der Waals surface area contributed by atoms with E-state index in [4.69, 9.17) is 5.11 Å². The molecule has 1 aromatic heterocycles. The van der Waals surface area contributed by atoms with Crippen LogP contribution in [0.3, 0.4) is 0 Å². The Morgan fingerprint density at radius 1 is 1.39 bits per heavy atom. The second kappa shape index (κ2) is 5.62. The van der Waals surface area contributed by atoms with Crippen molar-refractivity contribution in [2.75, 3.05) is 6.54 Å². The van der Waals surface area contributed by atoms with Gasteiger partial charge in [0, 0.05) is 24.5 Å². The minimum Gasteiger partial charge on any atom is -0.481 e. The predicted octanol–water partition coefficient (Wildman–Crippen LogP) is 1.80. The highest BCUT2D eigenvalue weighted by Crippen LogP contribution is 2.17. The molecule has 0 atom stereocenters. The van der Waals surface area contributed by atoms with Gasteiger partial charge in [-0.3, -0.25) is 14.6 Å². The second-order valence-electron chi connectivity index (χ2n) is 5.01. The summed E-state index contributed by atoms with van der Waals surface area (Å²) in [6.07, 6.45) is 3.01. The number of pyridine rings is 1. The molecule has 5 heteroatoms. The molecule has 0 bridgehead atoms. The Labute approximate surface area is 106 Å². The van der Waals surface area contributed by atoms with Crippen LogP contribution < -0.4 is 0 Å². The first-order chi connectivity index (χ1) is 8.32. The third-order valence-corrected chi connectivity index (χ3v) is 2.51. The maximum atomic E-state index is 12.3. The zero-order chi connectivity index (χ0) is 13.8. The Bertz CT molecular complexity index is 424. The van der Waals surface area contributed by atoms with Crippen molar-refractivity contribution in [3.8, 4) is 0 Å². The first kappa shape index (κ1) is 14.2. The first-order valence-electron chi connectivity index (χ1n) is 5.76. The van der Waals surface area contributed by atoms with Crippen molar-refractivity contribution in [1.29, 1.82) is 0 Å². The van der Waals surface area contributed by atoms with Gasteiger partial charge in [-0.1, -0.05) is 0 Å². The van der Waals surface area contributed by atoms with Crippen molar-refractivity contribution in [1.82, 2.24) is 9.88 Å². The van der Waals surface area contributed by atoms with Crippen molar-refractivity contribution < 1.29 is 14.7 Å². The molecule has 1 heterocycles. The molecular weight excluding hydrogens is 232 g/mol. The Balaban J connectivity index is 2.90. The van der Waals surface area contributed by atoms with Gasteiger partial charge < -0.3 is 10.0 Å². The van der Waals surface area contributed by atoms with E-state index in [1.54, 1.807) is 23.2 Å². The molecule has 1 N–H and O–H groups in total. The molecule has 0 saturated carbocycles. The molecule has 0 aliphatic rings. The fraction of sp³-hybridized carbons (Fsp3) is 0.462. The van der Waals surface area contributed by atoms with E-state index in [-0.39, 0.29) is 18.9 Å². The summed E-state index contributed by atoms with van der Waals surface area (Å²) >= 11 is 0. The Morgan fingerprint density at radius 2 is 2.06 bits per heavy atom. The molecule has 0 aliphatic heterocycles. The molecule has 0 aromatic carbocycles. The van der Waals surface area contributed by atoms with Gasteiger partial charge >= 0.3 is 5.97 Å². The zero-order valence-corrected chi connectivity index (χ0v) is 10.9. The fourth-order valence-electron chi connectivity index (χ4n) is 1.59. The van der Waals surface area contributed by atoms with Crippen LogP contribution in [0.2, 0.25) is 0 Å². The van der Waals surface area contributed by atoms with Crippen molar-refractivity contribution in [3.63, 3.8) is 0 Å². The number of aliphatic carboxylic acids is 1. The fourth-order valence-corrected chi connectivity index (χ4v) is 1.59. The van der Waals surface area contributed by atoms with Gasteiger partial charge in [-0.15, -0.1) is 0 Å². The number of carboxylic acids is 1. The number of nitrogens with zero attached hydrogens (tertiary/aromatic N) is 2. The van der Waals surface area contributed by atoms with Crippen LogP contribution in [0.4, 0.5) is 0 Å². The molecule has 0 unspecified atom stereocenters. The summed E-state index contributed by atoms with van der Waals surface area (Å²) in [5.74, 6) is -1.11. The van der Waals surface area contributed by atoms with E-state index in [2.05, 4.69) is 4.98 Å².